The molecule has 8 heteroatoms. The lowest BCUT2D eigenvalue weighted by molar-refractivity contribution is -0.146. The van der Waals surface area contributed by atoms with Crippen LogP contribution in [0.25, 0.3) is 32.9 Å². The molecule has 6 aromatic rings. The van der Waals surface area contributed by atoms with Crippen molar-refractivity contribution >= 4 is 39.5 Å². The quantitative estimate of drug-likeness (QED) is 0.139. The average molecular weight is 660 g/mol. The summed E-state index contributed by atoms with van der Waals surface area (Å²) in [6, 6.07) is 30.6. The number of carboxylic acids is 1. The maximum atomic E-state index is 12.4. The van der Waals surface area contributed by atoms with Crippen LogP contribution in [0.2, 0.25) is 0 Å². The van der Waals surface area contributed by atoms with Gasteiger partial charge >= 0.3 is 5.97 Å². The van der Waals surface area contributed by atoms with Crippen molar-refractivity contribution in [2.45, 2.75) is 63.8 Å². The first-order valence-corrected chi connectivity index (χ1v) is 16.9. The molecule has 0 saturated heterocycles. The Labute approximate surface area is 286 Å². The summed E-state index contributed by atoms with van der Waals surface area (Å²) in [5.41, 5.74) is 5.90. The van der Waals surface area contributed by atoms with Gasteiger partial charge in [-0.3, -0.25) is 4.79 Å². The third-order valence-corrected chi connectivity index (χ3v) is 9.57. The molecule has 246 valence electrons. The molecule has 0 aliphatic rings. The Morgan fingerprint density at radius 2 is 1.69 bits per heavy atom. The van der Waals surface area contributed by atoms with Gasteiger partial charge in [-0.25, -0.2) is 9.97 Å². The van der Waals surface area contributed by atoms with Crippen molar-refractivity contribution in [1.29, 1.82) is 0 Å². The number of rotatable bonds is 11. The number of nitrogens with zero attached hydrogens (tertiary/aromatic N) is 3. The Kier molecular flexibility index (Phi) is 9.21. The first kappa shape index (κ1) is 33.1. The summed E-state index contributed by atoms with van der Waals surface area (Å²) in [5, 5.41) is 12.3. The number of hydrogen-bond donors (Lipinski definition) is 1. The van der Waals surface area contributed by atoms with E-state index in [2.05, 4.69) is 78.9 Å². The third kappa shape index (κ3) is 7.19. The van der Waals surface area contributed by atoms with Gasteiger partial charge in [-0.2, -0.15) is 0 Å². The standard InChI is InChI=1S/C40H41N3O4S/c1-39(2,3)48-36-32-22-30(47-25-29-18-17-28-10-7-8-12-33(28)42-29)19-20-34(32)43(35(36)23-40(4,5)38(44)45)24-26-13-15-27(16-14-26)31-11-9-21-41-37(31)46-6/h7-22H,23-25H2,1-6H3,(H,44,45). The van der Waals surface area contributed by atoms with E-state index in [1.807, 2.05) is 42.5 Å². The Morgan fingerprint density at radius 1 is 0.917 bits per heavy atom. The van der Waals surface area contributed by atoms with Gasteiger partial charge in [0.2, 0.25) is 5.88 Å². The SMILES string of the molecule is COc1ncccc1-c1ccc(Cn2c(CC(C)(C)C(=O)O)c(SC(C)(C)C)c3cc(OCc4ccc5ccccc5n4)ccc32)cc1. The topological polar surface area (TPSA) is 86.5 Å². The molecule has 0 unspecified atom stereocenters. The van der Waals surface area contributed by atoms with E-state index in [0.29, 0.717) is 25.5 Å². The van der Waals surface area contributed by atoms with E-state index in [0.717, 1.165) is 60.5 Å². The summed E-state index contributed by atoms with van der Waals surface area (Å²) in [5.74, 6) is 0.495. The van der Waals surface area contributed by atoms with E-state index < -0.39 is 11.4 Å². The number of thioether (sulfide) groups is 1. The number of benzene rings is 3. The molecule has 0 aliphatic carbocycles. The van der Waals surface area contributed by atoms with E-state index in [-0.39, 0.29) is 4.75 Å². The van der Waals surface area contributed by atoms with Crippen molar-refractivity contribution in [2.75, 3.05) is 7.11 Å². The predicted octanol–water partition coefficient (Wildman–Crippen LogP) is 9.43. The smallest absolute Gasteiger partial charge is 0.309 e. The highest BCUT2D eigenvalue weighted by molar-refractivity contribution is 8.00. The van der Waals surface area contributed by atoms with Crippen LogP contribution in [0.15, 0.2) is 102 Å². The van der Waals surface area contributed by atoms with Gasteiger partial charge in [0.25, 0.3) is 0 Å². The molecular formula is C40H41N3O4S. The van der Waals surface area contributed by atoms with Gasteiger partial charge in [0.05, 0.1) is 23.7 Å². The first-order chi connectivity index (χ1) is 22.9. The fraction of sp³-hybridized carbons (Fsp3) is 0.275. The zero-order valence-corrected chi connectivity index (χ0v) is 29.1. The number of methoxy groups -OCH3 is 1. The number of para-hydroxylation sites is 1. The fourth-order valence-electron chi connectivity index (χ4n) is 5.81. The molecule has 0 saturated carbocycles. The number of pyridine rings is 2. The van der Waals surface area contributed by atoms with Crippen LogP contribution in [0.3, 0.4) is 0 Å². The van der Waals surface area contributed by atoms with Crippen molar-refractivity contribution in [3.05, 3.63) is 114 Å². The zero-order chi connectivity index (χ0) is 34.1. The molecule has 0 amide bonds. The Morgan fingerprint density at radius 3 is 2.42 bits per heavy atom. The zero-order valence-electron chi connectivity index (χ0n) is 28.3. The molecule has 3 heterocycles. The molecule has 0 radical (unpaired) electrons. The van der Waals surface area contributed by atoms with Crippen molar-refractivity contribution < 1.29 is 19.4 Å². The second-order valence-electron chi connectivity index (χ2n) is 13.7. The van der Waals surface area contributed by atoms with E-state index >= 15 is 0 Å². The van der Waals surface area contributed by atoms with Crippen molar-refractivity contribution in [2.24, 2.45) is 5.41 Å². The summed E-state index contributed by atoms with van der Waals surface area (Å²) in [6.07, 6.45) is 2.09. The van der Waals surface area contributed by atoms with Crippen LogP contribution >= 0.6 is 11.8 Å². The Balaban J connectivity index is 1.40. The average Bonchev–Trinajstić information content (AvgIpc) is 3.32. The summed E-state index contributed by atoms with van der Waals surface area (Å²) in [4.78, 5) is 22.6. The maximum Gasteiger partial charge on any atom is 0.309 e. The largest absolute Gasteiger partial charge is 0.487 e. The van der Waals surface area contributed by atoms with E-state index in [1.165, 1.54) is 0 Å². The number of carboxylic acid groups (broad SMARTS) is 1. The number of aliphatic carboxylic acids is 1. The second-order valence-corrected chi connectivity index (χ2v) is 15.5. The van der Waals surface area contributed by atoms with Gasteiger partial charge in [-0.1, -0.05) is 69.3 Å². The molecule has 7 nitrogen and oxygen atoms in total. The molecule has 0 aliphatic heterocycles. The van der Waals surface area contributed by atoms with E-state index in [1.54, 1.807) is 38.9 Å². The number of carbonyl (C=O) groups is 1. The number of aromatic nitrogens is 3. The fourth-order valence-corrected chi connectivity index (χ4v) is 6.99. The number of hydrogen-bond acceptors (Lipinski definition) is 6. The molecular weight excluding hydrogens is 619 g/mol. The molecule has 0 atom stereocenters. The first-order valence-electron chi connectivity index (χ1n) is 16.1. The highest BCUT2D eigenvalue weighted by Gasteiger charge is 2.33. The van der Waals surface area contributed by atoms with Gasteiger partial charge in [-0.05, 0) is 67.4 Å². The number of fused-ring (bicyclic) bond motifs is 2. The molecule has 0 bridgehead atoms. The van der Waals surface area contributed by atoms with Crippen molar-refractivity contribution in [3.8, 4) is 22.8 Å². The minimum absolute atomic E-state index is 0.114. The van der Waals surface area contributed by atoms with Crippen LogP contribution in [0.5, 0.6) is 11.6 Å². The normalized spacial score (nSPS) is 12.0. The number of ether oxygens (including phenoxy) is 2. The van der Waals surface area contributed by atoms with Crippen molar-refractivity contribution in [1.82, 2.24) is 14.5 Å². The third-order valence-electron chi connectivity index (χ3n) is 8.30. The predicted molar refractivity (Wildman–Crippen MR) is 194 cm³/mol. The molecule has 3 aromatic heterocycles. The minimum atomic E-state index is -0.971. The van der Waals surface area contributed by atoms with Crippen molar-refractivity contribution in [3.63, 3.8) is 0 Å². The summed E-state index contributed by atoms with van der Waals surface area (Å²) >= 11 is 1.77. The van der Waals surface area contributed by atoms with Crippen LogP contribution in [-0.2, 0) is 24.4 Å². The van der Waals surface area contributed by atoms with Crippen LogP contribution < -0.4 is 9.47 Å². The van der Waals surface area contributed by atoms with Crippen LogP contribution in [0.1, 0.15) is 51.6 Å². The van der Waals surface area contributed by atoms with Gasteiger partial charge in [-0.15, -0.1) is 11.8 Å². The lowest BCUT2D eigenvalue weighted by atomic mass is 9.88. The summed E-state index contributed by atoms with van der Waals surface area (Å²) in [7, 11) is 1.63. The van der Waals surface area contributed by atoms with Crippen LogP contribution in [0.4, 0.5) is 0 Å². The van der Waals surface area contributed by atoms with Crippen LogP contribution in [-0.4, -0.2) is 37.5 Å². The molecule has 3 aromatic carbocycles. The molecule has 0 spiro atoms. The maximum absolute atomic E-state index is 12.4. The summed E-state index contributed by atoms with van der Waals surface area (Å²) in [6.45, 7) is 11.1. The van der Waals surface area contributed by atoms with Gasteiger partial charge in [0.1, 0.15) is 12.4 Å². The lowest BCUT2D eigenvalue weighted by Crippen LogP contribution is -2.28. The minimum Gasteiger partial charge on any atom is -0.487 e. The highest BCUT2D eigenvalue weighted by atomic mass is 32.2. The molecule has 0 fully saturated rings. The van der Waals surface area contributed by atoms with Gasteiger partial charge in [0.15, 0.2) is 0 Å². The van der Waals surface area contributed by atoms with Gasteiger partial charge < -0.3 is 19.1 Å². The monoisotopic (exact) mass is 659 g/mol. The second kappa shape index (κ2) is 13.4. The molecule has 1 N–H and O–H groups in total. The van der Waals surface area contributed by atoms with E-state index in [4.69, 9.17) is 14.5 Å². The Bertz CT molecular complexity index is 2090. The molecule has 48 heavy (non-hydrogen) atoms. The highest BCUT2D eigenvalue weighted by Crippen LogP contribution is 2.44. The van der Waals surface area contributed by atoms with E-state index in [9.17, 15) is 9.90 Å². The van der Waals surface area contributed by atoms with Crippen LogP contribution in [0, 0.1) is 5.41 Å². The van der Waals surface area contributed by atoms with Gasteiger partial charge in [0, 0.05) is 56.4 Å². The molecule has 6 rings (SSSR count). The lowest BCUT2D eigenvalue weighted by Gasteiger charge is -2.24. The Hall–Kier alpha value is -4.82. The summed E-state index contributed by atoms with van der Waals surface area (Å²) < 4.78 is 14.0.